The van der Waals surface area contributed by atoms with Crippen molar-refractivity contribution in [2.24, 2.45) is 4.99 Å². The Labute approximate surface area is 247 Å². The third-order valence-corrected chi connectivity index (χ3v) is 8.46. The van der Waals surface area contributed by atoms with Crippen molar-refractivity contribution in [2.45, 2.75) is 26.8 Å². The van der Waals surface area contributed by atoms with Crippen LogP contribution in [-0.2, 0) is 4.79 Å². The standard InChI is InChI=1S/C34H30N4O3S/c1-21-18-25(23(3)37(21)27-15-9-6-10-16-27)20-29-33(40)38-31(24-12-11-17-28(19-24)41-4)30(22(2)35-34(38)42-29)32(39)36-26-13-7-5-8-14-26/h5-20,31H,1-4H3,(H,36,39)/b29-20-/t31-/m1/s1. The van der Waals surface area contributed by atoms with Gasteiger partial charge in [0.15, 0.2) is 4.80 Å². The second-order valence-electron chi connectivity index (χ2n) is 10.2. The van der Waals surface area contributed by atoms with E-state index < -0.39 is 6.04 Å². The highest BCUT2D eigenvalue weighted by Gasteiger charge is 2.33. The number of aromatic nitrogens is 2. The minimum absolute atomic E-state index is 0.200. The van der Waals surface area contributed by atoms with Crippen LogP contribution in [0.3, 0.4) is 0 Å². The van der Waals surface area contributed by atoms with Crippen molar-refractivity contribution in [3.63, 3.8) is 0 Å². The number of methoxy groups -OCH3 is 1. The zero-order valence-corrected chi connectivity index (χ0v) is 24.6. The van der Waals surface area contributed by atoms with E-state index >= 15 is 0 Å². The van der Waals surface area contributed by atoms with Gasteiger partial charge in [-0.3, -0.25) is 14.2 Å². The Bertz CT molecular complexity index is 2020. The summed E-state index contributed by atoms with van der Waals surface area (Å²) in [4.78, 5) is 33.2. The summed E-state index contributed by atoms with van der Waals surface area (Å²) in [5, 5.41) is 2.99. The molecular weight excluding hydrogens is 544 g/mol. The summed E-state index contributed by atoms with van der Waals surface area (Å²) in [5.41, 5.74) is 6.33. The SMILES string of the molecule is COc1cccc([C@@H]2C(C(=O)Nc3ccccc3)=C(C)N=c3s/c(=C\c4cc(C)n(-c5ccccc5)c4C)c(=O)n32)c1. The van der Waals surface area contributed by atoms with Gasteiger partial charge in [-0.25, -0.2) is 4.99 Å². The molecule has 6 rings (SSSR count). The molecule has 0 unspecified atom stereocenters. The highest BCUT2D eigenvalue weighted by molar-refractivity contribution is 7.07. The third-order valence-electron chi connectivity index (χ3n) is 7.48. The fraction of sp³-hybridized carbons (Fsp3) is 0.147. The van der Waals surface area contributed by atoms with Gasteiger partial charge in [-0.2, -0.15) is 0 Å². The lowest BCUT2D eigenvalue weighted by Crippen LogP contribution is -2.40. The van der Waals surface area contributed by atoms with Gasteiger partial charge in [-0.05, 0) is 80.4 Å². The van der Waals surface area contributed by atoms with Crippen LogP contribution in [0.5, 0.6) is 5.75 Å². The average Bonchev–Trinajstić information content (AvgIpc) is 3.46. The molecule has 1 aliphatic heterocycles. The number of ether oxygens (including phenoxy) is 1. The van der Waals surface area contributed by atoms with Gasteiger partial charge < -0.3 is 14.6 Å². The van der Waals surface area contributed by atoms with Crippen LogP contribution in [-0.4, -0.2) is 22.2 Å². The van der Waals surface area contributed by atoms with Crippen LogP contribution in [0.15, 0.2) is 112 Å². The monoisotopic (exact) mass is 574 g/mol. The molecule has 1 amide bonds. The smallest absolute Gasteiger partial charge is 0.271 e. The number of hydrogen-bond acceptors (Lipinski definition) is 5. The highest BCUT2D eigenvalue weighted by Crippen LogP contribution is 2.32. The van der Waals surface area contributed by atoms with Crippen LogP contribution < -0.4 is 24.9 Å². The topological polar surface area (TPSA) is 77.6 Å². The van der Waals surface area contributed by atoms with E-state index in [4.69, 9.17) is 9.73 Å². The zero-order valence-electron chi connectivity index (χ0n) is 23.8. The molecule has 7 nitrogen and oxygen atoms in total. The first-order chi connectivity index (χ1) is 20.4. The molecule has 5 aromatic rings. The van der Waals surface area contributed by atoms with Gasteiger partial charge in [0.25, 0.3) is 11.5 Å². The summed E-state index contributed by atoms with van der Waals surface area (Å²) < 4.78 is 9.86. The number of allylic oxidation sites excluding steroid dienone is 1. The van der Waals surface area contributed by atoms with Crippen molar-refractivity contribution in [3.8, 4) is 11.4 Å². The molecule has 42 heavy (non-hydrogen) atoms. The molecular formula is C34H30N4O3S. The molecule has 1 aliphatic rings. The minimum Gasteiger partial charge on any atom is -0.497 e. The lowest BCUT2D eigenvalue weighted by molar-refractivity contribution is -0.113. The zero-order chi connectivity index (χ0) is 29.4. The van der Waals surface area contributed by atoms with E-state index in [1.54, 1.807) is 11.7 Å². The Balaban J connectivity index is 1.51. The summed E-state index contributed by atoms with van der Waals surface area (Å²) >= 11 is 1.33. The van der Waals surface area contributed by atoms with Crippen molar-refractivity contribution in [1.82, 2.24) is 9.13 Å². The van der Waals surface area contributed by atoms with Crippen LogP contribution in [0.25, 0.3) is 11.8 Å². The predicted molar refractivity (Wildman–Crippen MR) is 167 cm³/mol. The number of hydrogen-bond donors (Lipinski definition) is 1. The van der Waals surface area contributed by atoms with Crippen LogP contribution >= 0.6 is 11.3 Å². The molecule has 3 aromatic carbocycles. The number of para-hydroxylation sites is 2. The minimum atomic E-state index is -0.682. The van der Waals surface area contributed by atoms with Crippen molar-refractivity contribution in [2.75, 3.05) is 12.4 Å². The number of carbonyl (C=O) groups is 1. The fourth-order valence-corrected chi connectivity index (χ4v) is 6.55. The Hall–Kier alpha value is -4.95. The Morgan fingerprint density at radius 1 is 0.952 bits per heavy atom. The van der Waals surface area contributed by atoms with E-state index in [1.807, 2.05) is 85.8 Å². The molecule has 2 aromatic heterocycles. The average molecular weight is 575 g/mol. The van der Waals surface area contributed by atoms with Crippen molar-refractivity contribution < 1.29 is 9.53 Å². The molecule has 0 radical (unpaired) electrons. The maximum atomic E-state index is 14.2. The molecule has 0 bridgehead atoms. The molecule has 1 N–H and O–H groups in total. The maximum Gasteiger partial charge on any atom is 0.271 e. The first kappa shape index (κ1) is 27.2. The molecule has 0 saturated heterocycles. The van der Waals surface area contributed by atoms with Gasteiger partial charge in [0.05, 0.1) is 29.0 Å². The van der Waals surface area contributed by atoms with Crippen LogP contribution in [0.1, 0.15) is 35.5 Å². The van der Waals surface area contributed by atoms with Gasteiger partial charge in [0.1, 0.15) is 5.75 Å². The number of benzene rings is 3. The van der Waals surface area contributed by atoms with E-state index in [-0.39, 0.29) is 11.5 Å². The van der Waals surface area contributed by atoms with E-state index in [0.717, 1.165) is 28.2 Å². The summed E-state index contributed by atoms with van der Waals surface area (Å²) in [6.07, 6.45) is 1.93. The Kier molecular flexibility index (Phi) is 7.22. The number of anilines is 1. The quantitative estimate of drug-likeness (QED) is 0.299. The molecule has 1 atom stereocenters. The van der Waals surface area contributed by atoms with Crippen molar-refractivity contribution >= 4 is 29.0 Å². The maximum absolute atomic E-state index is 14.2. The highest BCUT2D eigenvalue weighted by atomic mass is 32.1. The predicted octanol–water partition coefficient (Wildman–Crippen LogP) is 5.29. The second-order valence-corrected chi connectivity index (χ2v) is 11.2. The van der Waals surface area contributed by atoms with E-state index in [1.165, 1.54) is 11.3 Å². The van der Waals surface area contributed by atoms with Crippen molar-refractivity contribution in [1.29, 1.82) is 0 Å². The van der Waals surface area contributed by atoms with Gasteiger partial charge in [0, 0.05) is 22.8 Å². The molecule has 210 valence electrons. The molecule has 8 heteroatoms. The summed E-state index contributed by atoms with van der Waals surface area (Å²) in [5.74, 6) is 0.330. The van der Waals surface area contributed by atoms with Crippen LogP contribution in [0.4, 0.5) is 5.69 Å². The number of amides is 1. The third kappa shape index (κ3) is 4.90. The fourth-order valence-electron chi connectivity index (χ4n) is 5.51. The number of carbonyl (C=O) groups excluding carboxylic acids is 1. The number of thiazole rings is 1. The molecule has 3 heterocycles. The lowest BCUT2D eigenvalue weighted by Gasteiger charge is -2.25. The van der Waals surface area contributed by atoms with E-state index in [9.17, 15) is 9.59 Å². The number of fused-ring (bicyclic) bond motifs is 1. The van der Waals surface area contributed by atoms with Gasteiger partial charge in [-0.15, -0.1) is 0 Å². The van der Waals surface area contributed by atoms with Crippen LogP contribution in [0, 0.1) is 13.8 Å². The van der Waals surface area contributed by atoms with E-state index in [0.29, 0.717) is 32.0 Å². The Morgan fingerprint density at radius 2 is 1.67 bits per heavy atom. The van der Waals surface area contributed by atoms with Gasteiger partial charge >= 0.3 is 0 Å². The number of aryl methyl sites for hydroxylation is 1. The summed E-state index contributed by atoms with van der Waals surface area (Å²) in [6.45, 7) is 5.93. The van der Waals surface area contributed by atoms with Crippen LogP contribution in [0.2, 0.25) is 0 Å². The first-order valence-corrected chi connectivity index (χ1v) is 14.4. The van der Waals surface area contributed by atoms with Gasteiger partial charge in [-0.1, -0.05) is 59.9 Å². The van der Waals surface area contributed by atoms with E-state index in [2.05, 4.69) is 41.9 Å². The largest absolute Gasteiger partial charge is 0.497 e. The molecule has 0 spiro atoms. The van der Waals surface area contributed by atoms with Crippen molar-refractivity contribution in [3.05, 3.63) is 144 Å². The normalized spacial score (nSPS) is 14.9. The van der Waals surface area contributed by atoms with Gasteiger partial charge in [0.2, 0.25) is 0 Å². The number of nitrogens with zero attached hydrogens (tertiary/aromatic N) is 3. The lowest BCUT2D eigenvalue weighted by atomic mass is 9.95. The Morgan fingerprint density at radius 3 is 2.38 bits per heavy atom. The summed E-state index contributed by atoms with van der Waals surface area (Å²) in [6, 6.07) is 28.3. The number of nitrogens with one attached hydrogen (secondary N) is 1. The number of rotatable bonds is 6. The molecule has 0 saturated carbocycles. The molecule has 0 fully saturated rings. The second kappa shape index (κ2) is 11.1. The molecule has 0 aliphatic carbocycles. The summed E-state index contributed by atoms with van der Waals surface area (Å²) in [7, 11) is 1.60. The first-order valence-electron chi connectivity index (χ1n) is 13.6.